The molecule has 2 heterocycles. The van der Waals surface area contributed by atoms with E-state index in [4.69, 9.17) is 4.74 Å². The predicted molar refractivity (Wildman–Crippen MR) is 94.7 cm³/mol. The van der Waals surface area contributed by atoms with E-state index in [1.54, 1.807) is 29.0 Å². The van der Waals surface area contributed by atoms with Gasteiger partial charge in [0.1, 0.15) is 11.8 Å². The maximum atomic E-state index is 13.2. The quantitative estimate of drug-likeness (QED) is 0.866. The summed E-state index contributed by atoms with van der Waals surface area (Å²) in [6, 6.07) is 14.8. The van der Waals surface area contributed by atoms with Crippen LogP contribution in [0.25, 0.3) is 0 Å². The van der Waals surface area contributed by atoms with Crippen molar-refractivity contribution in [3.05, 3.63) is 59.7 Å². The summed E-state index contributed by atoms with van der Waals surface area (Å²) in [7, 11) is 1.58. The van der Waals surface area contributed by atoms with E-state index >= 15 is 0 Å². The maximum Gasteiger partial charge on any atom is 0.256 e. The second-order valence-corrected chi connectivity index (χ2v) is 6.45. The topological polar surface area (TPSA) is 49.9 Å². The van der Waals surface area contributed by atoms with Gasteiger partial charge in [-0.25, -0.2) is 0 Å². The van der Waals surface area contributed by atoms with Crippen LogP contribution in [0.1, 0.15) is 28.8 Å². The Balaban J connectivity index is 1.82. The van der Waals surface area contributed by atoms with E-state index in [9.17, 15) is 9.59 Å². The summed E-state index contributed by atoms with van der Waals surface area (Å²) in [4.78, 5) is 29.7. The molecular formula is C20H20N2O3. The van der Waals surface area contributed by atoms with Crippen LogP contribution in [-0.2, 0) is 11.3 Å². The number of carbonyl (C=O) groups is 2. The summed E-state index contributed by atoms with van der Waals surface area (Å²) in [5, 5.41) is 0. The van der Waals surface area contributed by atoms with E-state index in [0.717, 1.165) is 18.4 Å². The molecule has 0 unspecified atom stereocenters. The average molecular weight is 336 g/mol. The molecule has 0 spiro atoms. The van der Waals surface area contributed by atoms with Gasteiger partial charge >= 0.3 is 0 Å². The Morgan fingerprint density at radius 3 is 2.68 bits per heavy atom. The summed E-state index contributed by atoms with van der Waals surface area (Å²) in [5.74, 6) is 0.538. The van der Waals surface area contributed by atoms with Gasteiger partial charge in [-0.1, -0.05) is 30.3 Å². The van der Waals surface area contributed by atoms with Crippen molar-refractivity contribution < 1.29 is 14.3 Å². The van der Waals surface area contributed by atoms with Crippen molar-refractivity contribution >= 4 is 17.5 Å². The molecular weight excluding hydrogens is 316 g/mol. The first-order valence-electron chi connectivity index (χ1n) is 8.53. The average Bonchev–Trinajstić information content (AvgIpc) is 3.12. The van der Waals surface area contributed by atoms with Gasteiger partial charge in [-0.15, -0.1) is 0 Å². The lowest BCUT2D eigenvalue weighted by Gasteiger charge is -2.26. The first-order chi connectivity index (χ1) is 12.2. The minimum absolute atomic E-state index is 0.00128. The number of benzene rings is 2. The van der Waals surface area contributed by atoms with Crippen molar-refractivity contribution in [1.29, 1.82) is 0 Å². The molecule has 5 nitrogen and oxygen atoms in total. The van der Waals surface area contributed by atoms with Crippen LogP contribution in [-0.4, -0.2) is 36.4 Å². The third kappa shape index (κ3) is 2.65. The number of nitrogens with zero attached hydrogens (tertiary/aromatic N) is 2. The molecule has 5 heteroatoms. The smallest absolute Gasteiger partial charge is 0.256 e. The molecule has 1 fully saturated rings. The predicted octanol–water partition coefficient (Wildman–Crippen LogP) is 2.85. The fraction of sp³-hybridized carbons (Fsp3) is 0.300. The van der Waals surface area contributed by atoms with Crippen molar-refractivity contribution in [3.63, 3.8) is 0 Å². The zero-order valence-corrected chi connectivity index (χ0v) is 14.1. The van der Waals surface area contributed by atoms with E-state index < -0.39 is 0 Å². The van der Waals surface area contributed by atoms with Crippen LogP contribution in [0.3, 0.4) is 0 Å². The minimum Gasteiger partial charge on any atom is -0.497 e. The summed E-state index contributed by atoms with van der Waals surface area (Å²) < 4.78 is 5.29. The van der Waals surface area contributed by atoms with Crippen LogP contribution in [0.2, 0.25) is 0 Å². The molecule has 0 aromatic heterocycles. The Labute approximate surface area is 146 Å². The van der Waals surface area contributed by atoms with Crippen LogP contribution in [0.5, 0.6) is 5.75 Å². The largest absolute Gasteiger partial charge is 0.497 e. The van der Waals surface area contributed by atoms with Gasteiger partial charge in [0.05, 0.1) is 24.9 Å². The fourth-order valence-corrected chi connectivity index (χ4v) is 3.70. The van der Waals surface area contributed by atoms with Crippen LogP contribution < -0.4 is 9.64 Å². The number of hydrogen-bond acceptors (Lipinski definition) is 3. The number of hydrogen-bond donors (Lipinski definition) is 0. The standard InChI is InChI=1S/C20H20N2O3/c1-25-15-9-10-17-16(12-15)19(23)21-11-5-8-18(21)20(24)22(17)13-14-6-3-2-4-7-14/h2-4,6-7,9-10,12,18H,5,8,11,13H2,1H3/t18-/m0/s1. The van der Waals surface area contributed by atoms with Crippen LogP contribution in [0, 0.1) is 0 Å². The highest BCUT2D eigenvalue weighted by molar-refractivity contribution is 6.11. The summed E-state index contributed by atoms with van der Waals surface area (Å²) in [6.07, 6.45) is 1.58. The van der Waals surface area contributed by atoms with E-state index in [1.807, 2.05) is 36.4 Å². The molecule has 0 saturated carbocycles. The number of amides is 2. The van der Waals surface area contributed by atoms with E-state index in [-0.39, 0.29) is 17.9 Å². The monoisotopic (exact) mass is 336 g/mol. The first kappa shape index (κ1) is 15.7. The Kier molecular flexibility index (Phi) is 3.92. The molecule has 0 bridgehead atoms. The highest BCUT2D eigenvalue weighted by Crippen LogP contribution is 2.35. The van der Waals surface area contributed by atoms with Gasteiger partial charge < -0.3 is 14.5 Å². The number of anilines is 1. The summed E-state index contributed by atoms with van der Waals surface area (Å²) >= 11 is 0. The second-order valence-electron chi connectivity index (χ2n) is 6.45. The number of fused-ring (bicyclic) bond motifs is 2. The lowest BCUT2D eigenvalue weighted by atomic mass is 10.1. The van der Waals surface area contributed by atoms with Gasteiger partial charge in [0.15, 0.2) is 0 Å². The molecule has 128 valence electrons. The van der Waals surface area contributed by atoms with Gasteiger partial charge in [-0.2, -0.15) is 0 Å². The van der Waals surface area contributed by atoms with Crippen molar-refractivity contribution in [3.8, 4) is 5.75 Å². The van der Waals surface area contributed by atoms with Crippen molar-refractivity contribution in [2.75, 3.05) is 18.6 Å². The molecule has 1 atom stereocenters. The Morgan fingerprint density at radius 2 is 1.92 bits per heavy atom. The number of carbonyl (C=O) groups excluding carboxylic acids is 2. The van der Waals surface area contributed by atoms with Crippen LogP contribution in [0.4, 0.5) is 5.69 Å². The van der Waals surface area contributed by atoms with Gasteiger partial charge in [-0.3, -0.25) is 9.59 Å². The highest BCUT2D eigenvalue weighted by atomic mass is 16.5. The van der Waals surface area contributed by atoms with E-state index in [1.165, 1.54) is 0 Å². The van der Waals surface area contributed by atoms with Crippen LogP contribution >= 0.6 is 0 Å². The zero-order chi connectivity index (χ0) is 17.4. The summed E-state index contributed by atoms with van der Waals surface area (Å²) in [6.45, 7) is 1.09. The normalized spacial score (nSPS) is 19.5. The molecule has 2 aliphatic rings. The second kappa shape index (κ2) is 6.24. The van der Waals surface area contributed by atoms with Crippen LogP contribution in [0.15, 0.2) is 48.5 Å². The molecule has 2 aliphatic heterocycles. The molecule has 2 aromatic carbocycles. The van der Waals surface area contributed by atoms with Crippen molar-refractivity contribution in [2.24, 2.45) is 0 Å². The molecule has 25 heavy (non-hydrogen) atoms. The SMILES string of the molecule is COc1ccc2c(c1)C(=O)N1CCC[C@H]1C(=O)N2Cc1ccccc1. The lowest BCUT2D eigenvalue weighted by Crippen LogP contribution is -2.44. The Bertz CT molecular complexity index is 819. The molecule has 2 amide bonds. The minimum atomic E-state index is -0.366. The molecule has 0 N–H and O–H groups in total. The first-order valence-corrected chi connectivity index (χ1v) is 8.53. The lowest BCUT2D eigenvalue weighted by molar-refractivity contribution is -0.122. The molecule has 0 radical (unpaired) electrons. The Hall–Kier alpha value is -2.82. The zero-order valence-electron chi connectivity index (χ0n) is 14.1. The molecule has 4 rings (SSSR count). The Morgan fingerprint density at radius 1 is 1.12 bits per heavy atom. The number of methoxy groups -OCH3 is 1. The summed E-state index contributed by atoms with van der Waals surface area (Å²) in [5.41, 5.74) is 2.23. The maximum absolute atomic E-state index is 13.2. The van der Waals surface area contributed by atoms with Gasteiger partial charge in [0.2, 0.25) is 5.91 Å². The van der Waals surface area contributed by atoms with Crippen molar-refractivity contribution in [1.82, 2.24) is 4.90 Å². The van der Waals surface area contributed by atoms with E-state index in [0.29, 0.717) is 30.1 Å². The molecule has 1 saturated heterocycles. The fourth-order valence-electron chi connectivity index (χ4n) is 3.70. The third-order valence-electron chi connectivity index (χ3n) is 4.97. The van der Waals surface area contributed by atoms with E-state index in [2.05, 4.69) is 0 Å². The number of ether oxygens (including phenoxy) is 1. The van der Waals surface area contributed by atoms with Gasteiger partial charge in [0, 0.05) is 6.54 Å². The molecule has 2 aromatic rings. The van der Waals surface area contributed by atoms with Gasteiger partial charge in [0.25, 0.3) is 5.91 Å². The number of rotatable bonds is 3. The van der Waals surface area contributed by atoms with Crippen molar-refractivity contribution in [2.45, 2.75) is 25.4 Å². The third-order valence-corrected chi connectivity index (χ3v) is 4.97. The highest BCUT2D eigenvalue weighted by Gasteiger charge is 2.42. The molecule has 0 aliphatic carbocycles. The van der Waals surface area contributed by atoms with Gasteiger partial charge in [-0.05, 0) is 36.6 Å².